The summed E-state index contributed by atoms with van der Waals surface area (Å²) < 4.78 is 19.4. The zero-order valence-corrected chi connectivity index (χ0v) is 12.7. The number of aryl methyl sites for hydroxylation is 1. The maximum atomic E-state index is 13.4. The van der Waals surface area contributed by atoms with Crippen LogP contribution in [0.2, 0.25) is 0 Å². The van der Waals surface area contributed by atoms with E-state index < -0.39 is 0 Å². The first-order valence-electron chi connectivity index (χ1n) is 5.34. The van der Waals surface area contributed by atoms with Gasteiger partial charge in [-0.25, -0.2) is 9.37 Å². The summed E-state index contributed by atoms with van der Waals surface area (Å²) >= 11 is 3.50. The molecular weight excluding hydrogens is 366 g/mol. The molecule has 0 aliphatic heterocycles. The van der Waals surface area contributed by atoms with E-state index in [1.807, 2.05) is 35.0 Å². The Balaban J connectivity index is 1.99. The molecule has 2 aromatic rings. The quantitative estimate of drug-likeness (QED) is 0.656. The molecule has 0 atom stereocenters. The van der Waals surface area contributed by atoms with Gasteiger partial charge in [-0.15, -0.1) is 11.3 Å². The molecule has 1 aromatic heterocycles. The number of nitrogens with two attached hydrogens (primary N) is 1. The molecule has 0 spiro atoms. The molecule has 0 aliphatic carbocycles. The molecule has 0 amide bonds. The molecule has 0 unspecified atom stereocenters. The van der Waals surface area contributed by atoms with Gasteiger partial charge in [0, 0.05) is 17.4 Å². The number of aromatic nitrogens is 1. The monoisotopic (exact) mass is 378 g/mol. The van der Waals surface area contributed by atoms with Crippen molar-refractivity contribution in [2.75, 3.05) is 12.3 Å². The molecule has 0 bridgehead atoms. The Morgan fingerprint density at radius 2 is 2.28 bits per heavy atom. The molecule has 0 saturated carbocycles. The highest BCUT2D eigenvalue weighted by atomic mass is 127. The second kappa shape index (κ2) is 5.83. The van der Waals surface area contributed by atoms with Crippen LogP contribution in [0.5, 0.6) is 5.75 Å². The van der Waals surface area contributed by atoms with Crippen molar-refractivity contribution in [3.8, 4) is 5.75 Å². The summed E-state index contributed by atoms with van der Waals surface area (Å²) in [4.78, 5) is 5.34. The number of hydrogen-bond donors (Lipinski definition) is 1. The SMILES string of the molecule is Cc1ncsc1CCOc1cc(F)c(I)cc1N. The average molecular weight is 378 g/mol. The summed E-state index contributed by atoms with van der Waals surface area (Å²) in [5.74, 6) is 0.0869. The van der Waals surface area contributed by atoms with Crippen LogP contribution in [0.15, 0.2) is 17.6 Å². The van der Waals surface area contributed by atoms with E-state index in [-0.39, 0.29) is 5.82 Å². The third kappa shape index (κ3) is 3.11. The molecule has 1 aromatic carbocycles. The number of thiazole rings is 1. The highest BCUT2D eigenvalue weighted by molar-refractivity contribution is 14.1. The minimum Gasteiger partial charge on any atom is -0.491 e. The number of anilines is 1. The molecule has 0 saturated heterocycles. The molecule has 6 heteroatoms. The van der Waals surface area contributed by atoms with Gasteiger partial charge in [-0.2, -0.15) is 0 Å². The molecule has 3 nitrogen and oxygen atoms in total. The van der Waals surface area contributed by atoms with Crippen molar-refractivity contribution in [1.82, 2.24) is 4.98 Å². The van der Waals surface area contributed by atoms with Crippen molar-refractivity contribution in [3.63, 3.8) is 0 Å². The first-order chi connectivity index (χ1) is 8.58. The van der Waals surface area contributed by atoms with Crippen LogP contribution in [0.3, 0.4) is 0 Å². The summed E-state index contributed by atoms with van der Waals surface area (Å²) in [6.07, 6.45) is 0.754. The number of nitrogen functional groups attached to an aromatic ring is 1. The fourth-order valence-electron chi connectivity index (χ4n) is 1.49. The highest BCUT2D eigenvalue weighted by Crippen LogP contribution is 2.26. The number of rotatable bonds is 4. The summed E-state index contributed by atoms with van der Waals surface area (Å²) in [5.41, 5.74) is 9.06. The van der Waals surface area contributed by atoms with E-state index in [0.717, 1.165) is 12.1 Å². The summed E-state index contributed by atoms with van der Waals surface area (Å²) in [6, 6.07) is 2.90. The lowest BCUT2D eigenvalue weighted by Gasteiger charge is -2.09. The second-order valence-corrected chi connectivity index (χ2v) is 5.87. The normalized spacial score (nSPS) is 10.6. The van der Waals surface area contributed by atoms with Crippen molar-refractivity contribution < 1.29 is 9.13 Å². The fourth-order valence-corrected chi connectivity index (χ4v) is 2.74. The van der Waals surface area contributed by atoms with Crippen LogP contribution < -0.4 is 10.5 Å². The van der Waals surface area contributed by atoms with Gasteiger partial charge in [-0.1, -0.05) is 0 Å². The maximum absolute atomic E-state index is 13.4. The van der Waals surface area contributed by atoms with E-state index in [2.05, 4.69) is 4.98 Å². The van der Waals surface area contributed by atoms with Crippen molar-refractivity contribution in [3.05, 3.63) is 37.6 Å². The Bertz CT molecular complexity index is 559. The second-order valence-electron chi connectivity index (χ2n) is 3.76. The largest absolute Gasteiger partial charge is 0.491 e. The van der Waals surface area contributed by atoms with E-state index in [1.165, 1.54) is 10.9 Å². The lowest BCUT2D eigenvalue weighted by molar-refractivity contribution is 0.322. The minimum absolute atomic E-state index is 0.311. The van der Waals surface area contributed by atoms with Crippen LogP contribution in [-0.4, -0.2) is 11.6 Å². The lowest BCUT2D eigenvalue weighted by atomic mass is 10.3. The van der Waals surface area contributed by atoms with Crippen LogP contribution in [0, 0.1) is 16.3 Å². The van der Waals surface area contributed by atoms with Crippen molar-refractivity contribution in [1.29, 1.82) is 0 Å². The van der Waals surface area contributed by atoms with Gasteiger partial charge in [0.15, 0.2) is 0 Å². The lowest BCUT2D eigenvalue weighted by Crippen LogP contribution is -2.04. The van der Waals surface area contributed by atoms with E-state index in [9.17, 15) is 4.39 Å². The van der Waals surface area contributed by atoms with Gasteiger partial charge < -0.3 is 10.5 Å². The average Bonchev–Trinajstić information content (AvgIpc) is 2.72. The van der Waals surface area contributed by atoms with Crippen molar-refractivity contribution in [2.24, 2.45) is 0 Å². The van der Waals surface area contributed by atoms with Crippen LogP contribution >= 0.6 is 33.9 Å². The smallest absolute Gasteiger partial charge is 0.145 e. The molecular formula is C12H12FIN2OS. The molecule has 0 aliphatic rings. The zero-order valence-electron chi connectivity index (χ0n) is 9.74. The molecule has 2 N–H and O–H groups in total. The van der Waals surface area contributed by atoms with Crippen LogP contribution in [0.4, 0.5) is 10.1 Å². The summed E-state index contributed by atoms with van der Waals surface area (Å²) in [6.45, 7) is 2.43. The van der Waals surface area contributed by atoms with Crippen molar-refractivity contribution in [2.45, 2.75) is 13.3 Å². The van der Waals surface area contributed by atoms with E-state index in [1.54, 1.807) is 17.4 Å². The zero-order chi connectivity index (χ0) is 13.1. The van der Waals surface area contributed by atoms with Crippen LogP contribution in [-0.2, 0) is 6.42 Å². The fraction of sp³-hybridized carbons (Fsp3) is 0.250. The summed E-state index contributed by atoms with van der Waals surface area (Å²) in [7, 11) is 0. The topological polar surface area (TPSA) is 48.1 Å². The minimum atomic E-state index is -0.311. The van der Waals surface area contributed by atoms with Gasteiger partial charge in [0.05, 0.1) is 27.1 Å². The van der Waals surface area contributed by atoms with Gasteiger partial charge in [0.2, 0.25) is 0 Å². The van der Waals surface area contributed by atoms with E-state index >= 15 is 0 Å². The molecule has 0 radical (unpaired) electrons. The predicted octanol–water partition coefficient (Wildman–Crippen LogP) is 3.40. The molecule has 96 valence electrons. The number of nitrogens with zero attached hydrogens (tertiary/aromatic N) is 1. The Morgan fingerprint density at radius 1 is 1.50 bits per heavy atom. The van der Waals surface area contributed by atoms with Gasteiger partial charge in [-0.3, -0.25) is 0 Å². The van der Waals surface area contributed by atoms with Crippen LogP contribution in [0.1, 0.15) is 10.6 Å². The first-order valence-corrected chi connectivity index (χ1v) is 7.30. The van der Waals surface area contributed by atoms with Crippen molar-refractivity contribution >= 4 is 39.6 Å². The number of ether oxygens (including phenoxy) is 1. The molecule has 1 heterocycles. The molecule has 0 fully saturated rings. The third-order valence-corrected chi connectivity index (χ3v) is 4.31. The Kier molecular flexibility index (Phi) is 4.39. The van der Waals surface area contributed by atoms with Gasteiger partial charge in [-0.05, 0) is 35.6 Å². The Morgan fingerprint density at radius 3 is 2.94 bits per heavy atom. The van der Waals surface area contributed by atoms with Gasteiger partial charge in [0.25, 0.3) is 0 Å². The standard InChI is InChI=1S/C12H12FIN2OS/c1-7-12(18-6-16-7)2-3-17-11-4-8(13)9(14)5-10(11)15/h4-6H,2-3,15H2,1H3. The first kappa shape index (κ1) is 13.5. The predicted molar refractivity (Wildman–Crippen MR) is 79.6 cm³/mol. The van der Waals surface area contributed by atoms with Gasteiger partial charge in [0.1, 0.15) is 11.6 Å². The van der Waals surface area contributed by atoms with Crippen LogP contribution in [0.25, 0.3) is 0 Å². The van der Waals surface area contributed by atoms with E-state index in [0.29, 0.717) is 21.6 Å². The maximum Gasteiger partial charge on any atom is 0.145 e. The Labute approximate surface area is 122 Å². The molecule has 18 heavy (non-hydrogen) atoms. The highest BCUT2D eigenvalue weighted by Gasteiger charge is 2.08. The Hall–Kier alpha value is -0.890. The number of halogens is 2. The molecule has 2 rings (SSSR count). The van der Waals surface area contributed by atoms with Gasteiger partial charge >= 0.3 is 0 Å². The third-order valence-electron chi connectivity index (χ3n) is 2.48. The number of benzene rings is 1. The van der Waals surface area contributed by atoms with E-state index in [4.69, 9.17) is 10.5 Å². The summed E-state index contributed by atoms with van der Waals surface area (Å²) in [5, 5.41) is 0. The number of hydrogen-bond acceptors (Lipinski definition) is 4.